The summed E-state index contributed by atoms with van der Waals surface area (Å²) in [7, 11) is 0. The first kappa shape index (κ1) is 16.8. The van der Waals surface area contributed by atoms with Crippen LogP contribution in [0.4, 0.5) is 5.69 Å². The number of halogens is 1. The van der Waals surface area contributed by atoms with Gasteiger partial charge in [-0.1, -0.05) is 17.7 Å². The van der Waals surface area contributed by atoms with E-state index in [1.54, 1.807) is 36.4 Å². The average molecular weight is 334 g/mol. The fourth-order valence-corrected chi connectivity index (χ4v) is 2.13. The fourth-order valence-electron chi connectivity index (χ4n) is 1.96. The molecule has 23 heavy (non-hydrogen) atoms. The quantitative estimate of drug-likeness (QED) is 0.665. The summed E-state index contributed by atoms with van der Waals surface area (Å²) in [5.74, 6) is 0.00911. The van der Waals surface area contributed by atoms with E-state index in [0.717, 1.165) is 0 Å². The average Bonchev–Trinajstić information content (AvgIpc) is 2.49. The van der Waals surface area contributed by atoms with Crippen LogP contribution in [-0.2, 0) is 4.79 Å². The first-order chi connectivity index (χ1) is 11.0. The second kappa shape index (κ2) is 7.65. The molecule has 1 N–H and O–H groups in total. The Morgan fingerprint density at radius 2 is 1.96 bits per heavy atom. The zero-order valence-corrected chi connectivity index (χ0v) is 13.5. The van der Waals surface area contributed by atoms with Crippen LogP contribution >= 0.6 is 11.6 Å². The third-order valence-electron chi connectivity index (χ3n) is 2.84. The molecule has 0 fully saturated rings. The number of hydrogen-bond donors (Lipinski definition) is 1. The first-order valence-corrected chi connectivity index (χ1v) is 7.39. The molecule has 0 atom stereocenters. The van der Waals surface area contributed by atoms with Crippen molar-refractivity contribution in [2.45, 2.75) is 13.8 Å². The van der Waals surface area contributed by atoms with Gasteiger partial charge in [0.05, 0.1) is 12.2 Å². The predicted octanol–water partition coefficient (Wildman–Crippen LogP) is 3.92. The topological polar surface area (TPSA) is 64.6 Å². The van der Waals surface area contributed by atoms with E-state index in [2.05, 4.69) is 5.32 Å². The van der Waals surface area contributed by atoms with E-state index in [4.69, 9.17) is 21.1 Å². The van der Waals surface area contributed by atoms with Crippen LogP contribution in [-0.4, -0.2) is 18.5 Å². The van der Waals surface area contributed by atoms with Gasteiger partial charge in [0.1, 0.15) is 11.5 Å². The lowest BCUT2D eigenvalue weighted by Crippen LogP contribution is -2.14. The van der Waals surface area contributed by atoms with Crippen molar-refractivity contribution in [3.63, 3.8) is 0 Å². The molecule has 6 heteroatoms. The van der Waals surface area contributed by atoms with Crippen molar-refractivity contribution >= 4 is 29.2 Å². The number of benzene rings is 2. The molecule has 0 aromatic heterocycles. The summed E-state index contributed by atoms with van der Waals surface area (Å²) in [5, 5.41) is 3.17. The lowest BCUT2D eigenvalue weighted by Gasteiger charge is -2.11. The number of carbonyl (C=O) groups excluding carboxylic acids is 2. The summed E-state index contributed by atoms with van der Waals surface area (Å²) in [5.41, 5.74) is 0.827. The molecule has 5 nitrogen and oxygen atoms in total. The Morgan fingerprint density at radius 3 is 2.65 bits per heavy atom. The van der Waals surface area contributed by atoms with Gasteiger partial charge in [-0.25, -0.2) is 0 Å². The molecule has 0 aliphatic rings. The van der Waals surface area contributed by atoms with Gasteiger partial charge in [0.2, 0.25) is 0 Å². The monoisotopic (exact) mass is 333 g/mol. The van der Waals surface area contributed by atoms with Crippen molar-refractivity contribution in [2.75, 3.05) is 11.9 Å². The van der Waals surface area contributed by atoms with Crippen molar-refractivity contribution < 1.29 is 19.1 Å². The van der Waals surface area contributed by atoms with Gasteiger partial charge in [-0.2, -0.15) is 0 Å². The van der Waals surface area contributed by atoms with E-state index < -0.39 is 5.97 Å². The van der Waals surface area contributed by atoms with E-state index in [-0.39, 0.29) is 5.91 Å². The zero-order valence-electron chi connectivity index (χ0n) is 12.8. The Balaban J connectivity index is 2.22. The number of anilines is 1. The molecule has 0 unspecified atom stereocenters. The number of amides is 1. The van der Waals surface area contributed by atoms with Gasteiger partial charge < -0.3 is 14.8 Å². The summed E-state index contributed by atoms with van der Waals surface area (Å²) < 4.78 is 10.4. The van der Waals surface area contributed by atoms with E-state index in [1.165, 1.54) is 13.0 Å². The second-order valence-corrected chi connectivity index (χ2v) is 5.09. The number of nitrogens with one attached hydrogen (secondary N) is 1. The molecule has 0 aliphatic carbocycles. The van der Waals surface area contributed by atoms with Crippen LogP contribution in [0.2, 0.25) is 5.02 Å². The SMILES string of the molecule is CCOc1ccc(Cl)cc1C(=O)Nc1cccc(OC(C)=O)c1. The van der Waals surface area contributed by atoms with Gasteiger partial charge in [-0.05, 0) is 37.3 Å². The summed E-state index contributed by atoms with van der Waals surface area (Å²) in [6.45, 7) is 3.58. The minimum atomic E-state index is -0.429. The molecule has 0 radical (unpaired) electrons. The normalized spacial score (nSPS) is 10.0. The predicted molar refractivity (Wildman–Crippen MR) is 88.3 cm³/mol. The maximum atomic E-state index is 12.4. The molecule has 2 rings (SSSR count). The van der Waals surface area contributed by atoms with Crippen molar-refractivity contribution in [3.8, 4) is 11.5 Å². The molecule has 120 valence electrons. The largest absolute Gasteiger partial charge is 0.493 e. The van der Waals surface area contributed by atoms with Crippen molar-refractivity contribution in [1.82, 2.24) is 0 Å². The van der Waals surface area contributed by atoms with Crippen molar-refractivity contribution in [1.29, 1.82) is 0 Å². The second-order valence-electron chi connectivity index (χ2n) is 4.65. The molecule has 0 heterocycles. The molecule has 0 saturated heterocycles. The summed E-state index contributed by atoms with van der Waals surface area (Å²) in [4.78, 5) is 23.4. The number of ether oxygens (including phenoxy) is 2. The molecule has 2 aromatic carbocycles. The zero-order chi connectivity index (χ0) is 16.8. The van der Waals surface area contributed by atoms with Crippen molar-refractivity contribution in [3.05, 3.63) is 53.1 Å². The van der Waals surface area contributed by atoms with Crippen LogP contribution in [0, 0.1) is 0 Å². The Hall–Kier alpha value is -2.53. The van der Waals surface area contributed by atoms with E-state index in [1.807, 2.05) is 6.92 Å². The highest BCUT2D eigenvalue weighted by Gasteiger charge is 2.14. The highest BCUT2D eigenvalue weighted by Crippen LogP contribution is 2.25. The first-order valence-electron chi connectivity index (χ1n) is 7.01. The highest BCUT2D eigenvalue weighted by molar-refractivity contribution is 6.31. The fraction of sp³-hybridized carbons (Fsp3) is 0.176. The molecule has 0 bridgehead atoms. The lowest BCUT2D eigenvalue weighted by molar-refractivity contribution is -0.131. The summed E-state index contributed by atoms with van der Waals surface area (Å²) in [6, 6.07) is 11.4. The maximum Gasteiger partial charge on any atom is 0.308 e. The minimum Gasteiger partial charge on any atom is -0.493 e. The molecule has 0 aliphatic heterocycles. The third kappa shape index (κ3) is 4.72. The van der Waals surface area contributed by atoms with Crippen LogP contribution in [0.5, 0.6) is 11.5 Å². The maximum absolute atomic E-state index is 12.4. The van der Waals surface area contributed by atoms with Crippen LogP contribution in [0.25, 0.3) is 0 Å². The van der Waals surface area contributed by atoms with E-state index in [9.17, 15) is 9.59 Å². The van der Waals surface area contributed by atoms with Gasteiger partial charge in [-0.3, -0.25) is 9.59 Å². The van der Waals surface area contributed by atoms with Crippen molar-refractivity contribution in [2.24, 2.45) is 0 Å². The number of carbonyl (C=O) groups is 2. The van der Waals surface area contributed by atoms with Crippen LogP contribution in [0.15, 0.2) is 42.5 Å². The van der Waals surface area contributed by atoms with Crippen LogP contribution in [0.3, 0.4) is 0 Å². The van der Waals surface area contributed by atoms with Gasteiger partial charge in [0.15, 0.2) is 0 Å². The molecular weight excluding hydrogens is 318 g/mol. The Kier molecular flexibility index (Phi) is 5.60. The molecular formula is C17H16ClNO4. The van der Waals surface area contributed by atoms with E-state index in [0.29, 0.717) is 34.4 Å². The molecule has 0 spiro atoms. The van der Waals surface area contributed by atoms with E-state index >= 15 is 0 Å². The van der Waals surface area contributed by atoms with Gasteiger partial charge in [0.25, 0.3) is 5.91 Å². The van der Waals surface area contributed by atoms with Crippen LogP contribution in [0.1, 0.15) is 24.2 Å². The Bertz CT molecular complexity index is 730. The lowest BCUT2D eigenvalue weighted by atomic mass is 10.1. The van der Waals surface area contributed by atoms with Gasteiger partial charge in [-0.15, -0.1) is 0 Å². The standard InChI is InChI=1S/C17H16ClNO4/c1-3-22-16-8-7-12(18)9-15(16)17(21)19-13-5-4-6-14(10-13)23-11(2)20/h4-10H,3H2,1-2H3,(H,19,21). The minimum absolute atomic E-state index is 0.331. The summed E-state index contributed by atoms with van der Waals surface area (Å²) >= 11 is 5.95. The van der Waals surface area contributed by atoms with Gasteiger partial charge >= 0.3 is 5.97 Å². The Labute approximate surface area is 139 Å². The molecule has 2 aromatic rings. The third-order valence-corrected chi connectivity index (χ3v) is 3.07. The summed E-state index contributed by atoms with van der Waals surface area (Å²) in [6.07, 6.45) is 0. The molecule has 0 saturated carbocycles. The molecule has 1 amide bonds. The highest BCUT2D eigenvalue weighted by atomic mass is 35.5. The van der Waals surface area contributed by atoms with Crippen LogP contribution < -0.4 is 14.8 Å². The smallest absolute Gasteiger partial charge is 0.308 e. The van der Waals surface area contributed by atoms with Gasteiger partial charge in [0, 0.05) is 23.7 Å². The Morgan fingerprint density at radius 1 is 1.17 bits per heavy atom. The number of hydrogen-bond acceptors (Lipinski definition) is 4. The number of esters is 1. The number of rotatable bonds is 5.